The van der Waals surface area contributed by atoms with Crippen LogP contribution in [0.25, 0.3) is 15.9 Å². The molecule has 2 aromatic heterocycles. The van der Waals surface area contributed by atoms with Gasteiger partial charge < -0.3 is 10.2 Å². The Morgan fingerprint density at radius 1 is 1.29 bits per heavy atom. The van der Waals surface area contributed by atoms with Crippen molar-refractivity contribution in [2.24, 2.45) is 5.92 Å². The Bertz CT molecular complexity index is 961. The molecule has 1 N–H and O–H groups in total. The smallest absolute Gasteiger partial charge is 0.264 e. The number of likely N-dealkylation sites (tertiary alicyclic amines) is 1. The van der Waals surface area contributed by atoms with Crippen LogP contribution >= 0.6 is 23.7 Å². The van der Waals surface area contributed by atoms with Crippen molar-refractivity contribution < 1.29 is 9.18 Å². The molecule has 1 aliphatic heterocycles. The van der Waals surface area contributed by atoms with Crippen molar-refractivity contribution in [1.29, 1.82) is 0 Å². The minimum absolute atomic E-state index is 0. The van der Waals surface area contributed by atoms with Crippen LogP contribution in [-0.2, 0) is 0 Å². The molecule has 3 aromatic rings. The van der Waals surface area contributed by atoms with E-state index >= 15 is 0 Å². The summed E-state index contributed by atoms with van der Waals surface area (Å²) in [5.74, 6) is 0.475. The molecule has 1 aliphatic rings. The number of nitrogens with one attached hydrogen (secondary N) is 1. The highest BCUT2D eigenvalue weighted by Gasteiger charge is 2.25. The van der Waals surface area contributed by atoms with Gasteiger partial charge in [0.2, 0.25) is 0 Å². The topological polar surface area (TPSA) is 50.2 Å². The number of aromatic nitrogens is 2. The van der Waals surface area contributed by atoms with Gasteiger partial charge in [0.15, 0.2) is 0 Å². The number of halogens is 2. The van der Waals surface area contributed by atoms with E-state index in [0.29, 0.717) is 5.92 Å². The second-order valence-electron chi connectivity index (χ2n) is 7.10. The SMILES string of the molecule is CNCC1CCN(C(=O)c2cc3c(C)nn(-c4ccc(F)cc4)c3s2)CC1.Cl. The molecule has 3 heterocycles. The zero-order valence-electron chi connectivity index (χ0n) is 15.9. The van der Waals surface area contributed by atoms with E-state index in [4.69, 9.17) is 0 Å². The third-order valence-electron chi connectivity index (χ3n) is 5.22. The molecule has 1 saturated heterocycles. The van der Waals surface area contributed by atoms with Crippen LogP contribution in [-0.4, -0.2) is 47.3 Å². The number of benzene rings is 1. The van der Waals surface area contributed by atoms with Gasteiger partial charge in [-0.3, -0.25) is 4.79 Å². The minimum atomic E-state index is -0.275. The maximum absolute atomic E-state index is 13.2. The van der Waals surface area contributed by atoms with Crippen LogP contribution in [0, 0.1) is 18.7 Å². The molecule has 0 spiro atoms. The fourth-order valence-corrected chi connectivity index (χ4v) is 4.85. The number of aryl methyl sites for hydroxylation is 1. The predicted molar refractivity (Wildman–Crippen MR) is 113 cm³/mol. The lowest BCUT2D eigenvalue weighted by Gasteiger charge is -2.31. The Kier molecular flexibility index (Phi) is 6.37. The van der Waals surface area contributed by atoms with Crippen LogP contribution in [0.2, 0.25) is 0 Å². The molecule has 0 atom stereocenters. The summed E-state index contributed by atoms with van der Waals surface area (Å²) in [6.07, 6.45) is 2.08. The van der Waals surface area contributed by atoms with Gasteiger partial charge in [-0.25, -0.2) is 9.07 Å². The van der Waals surface area contributed by atoms with E-state index in [-0.39, 0.29) is 24.1 Å². The third kappa shape index (κ3) is 3.92. The molecule has 0 aliphatic carbocycles. The Balaban J connectivity index is 0.00000225. The molecule has 1 aromatic carbocycles. The van der Waals surface area contributed by atoms with Gasteiger partial charge in [-0.1, -0.05) is 0 Å². The lowest BCUT2D eigenvalue weighted by atomic mass is 9.97. The van der Waals surface area contributed by atoms with Crippen molar-refractivity contribution in [1.82, 2.24) is 20.0 Å². The molecule has 0 saturated carbocycles. The van der Waals surface area contributed by atoms with Crippen LogP contribution in [0.15, 0.2) is 30.3 Å². The third-order valence-corrected chi connectivity index (χ3v) is 6.32. The summed E-state index contributed by atoms with van der Waals surface area (Å²) in [6, 6.07) is 8.20. The summed E-state index contributed by atoms with van der Waals surface area (Å²) >= 11 is 1.46. The Labute approximate surface area is 173 Å². The molecule has 4 rings (SSSR count). The maximum atomic E-state index is 13.2. The summed E-state index contributed by atoms with van der Waals surface area (Å²) in [5.41, 5.74) is 1.67. The molecule has 5 nitrogen and oxygen atoms in total. The van der Waals surface area contributed by atoms with Crippen molar-refractivity contribution in [3.05, 3.63) is 46.7 Å². The second-order valence-corrected chi connectivity index (χ2v) is 8.13. The van der Waals surface area contributed by atoms with Gasteiger partial charge in [0.05, 0.1) is 16.3 Å². The number of fused-ring (bicyclic) bond motifs is 1. The Morgan fingerprint density at radius 2 is 1.96 bits per heavy atom. The number of hydrogen-bond acceptors (Lipinski definition) is 4. The first-order valence-corrected chi connectivity index (χ1v) is 10.1. The zero-order valence-corrected chi connectivity index (χ0v) is 17.6. The summed E-state index contributed by atoms with van der Waals surface area (Å²) in [4.78, 5) is 16.6. The molecule has 0 radical (unpaired) electrons. The predicted octanol–water partition coefficient (Wildman–Crippen LogP) is 4.03. The summed E-state index contributed by atoms with van der Waals surface area (Å²) in [5, 5.41) is 8.77. The molecule has 8 heteroatoms. The van der Waals surface area contributed by atoms with Crippen molar-refractivity contribution >= 4 is 39.9 Å². The number of hydrogen-bond donors (Lipinski definition) is 1. The molecule has 28 heavy (non-hydrogen) atoms. The van der Waals surface area contributed by atoms with Crippen molar-refractivity contribution in [3.63, 3.8) is 0 Å². The molecule has 1 fully saturated rings. The minimum Gasteiger partial charge on any atom is -0.338 e. The number of carbonyl (C=O) groups excluding carboxylic acids is 1. The summed E-state index contributed by atoms with van der Waals surface area (Å²) in [7, 11) is 1.97. The molecule has 0 bridgehead atoms. The number of thiophene rings is 1. The summed E-state index contributed by atoms with van der Waals surface area (Å²) in [6.45, 7) is 4.56. The van der Waals surface area contributed by atoms with E-state index in [1.54, 1.807) is 16.8 Å². The number of amides is 1. The van der Waals surface area contributed by atoms with Gasteiger partial charge in [0, 0.05) is 18.5 Å². The average Bonchev–Trinajstić information content (AvgIpc) is 3.24. The molecule has 1 amide bonds. The van der Waals surface area contributed by atoms with Crippen LogP contribution in [0.5, 0.6) is 0 Å². The first kappa shape index (κ1) is 20.8. The van der Waals surface area contributed by atoms with E-state index in [1.165, 1.54) is 23.5 Å². The van der Waals surface area contributed by atoms with Crippen LogP contribution in [0.4, 0.5) is 4.39 Å². The average molecular weight is 423 g/mol. The van der Waals surface area contributed by atoms with Crippen LogP contribution in [0.1, 0.15) is 28.2 Å². The first-order chi connectivity index (χ1) is 13.1. The largest absolute Gasteiger partial charge is 0.338 e. The van der Waals surface area contributed by atoms with Crippen LogP contribution < -0.4 is 5.32 Å². The zero-order chi connectivity index (χ0) is 19.0. The fourth-order valence-electron chi connectivity index (χ4n) is 3.69. The van der Waals surface area contributed by atoms with E-state index in [0.717, 1.165) is 59.0 Å². The van der Waals surface area contributed by atoms with E-state index < -0.39 is 0 Å². The molecular formula is C20H24ClFN4OS. The first-order valence-electron chi connectivity index (χ1n) is 9.26. The van der Waals surface area contributed by atoms with Gasteiger partial charge in [-0.15, -0.1) is 23.7 Å². The van der Waals surface area contributed by atoms with Crippen molar-refractivity contribution in [2.45, 2.75) is 19.8 Å². The standard InChI is InChI=1S/C20H23FN4OS.ClH/c1-13-17-11-18(19(26)24-9-7-14(8-10-24)12-22-2)27-20(17)25(23-13)16-5-3-15(21)4-6-16;/h3-6,11,14,22H,7-10,12H2,1-2H3;1H. The van der Waals surface area contributed by atoms with E-state index in [1.807, 2.05) is 24.9 Å². The van der Waals surface area contributed by atoms with E-state index in [2.05, 4.69) is 10.4 Å². The van der Waals surface area contributed by atoms with E-state index in [9.17, 15) is 9.18 Å². The fraction of sp³-hybridized carbons (Fsp3) is 0.400. The van der Waals surface area contributed by atoms with Gasteiger partial charge in [0.25, 0.3) is 5.91 Å². The van der Waals surface area contributed by atoms with Gasteiger partial charge in [0.1, 0.15) is 10.6 Å². The lowest BCUT2D eigenvalue weighted by Crippen LogP contribution is -2.40. The number of nitrogens with zero attached hydrogens (tertiary/aromatic N) is 3. The molecule has 0 unspecified atom stereocenters. The van der Waals surface area contributed by atoms with Gasteiger partial charge in [-0.2, -0.15) is 5.10 Å². The number of carbonyl (C=O) groups is 1. The molecular weight excluding hydrogens is 399 g/mol. The van der Waals surface area contributed by atoms with Gasteiger partial charge >= 0.3 is 0 Å². The Morgan fingerprint density at radius 3 is 2.61 bits per heavy atom. The van der Waals surface area contributed by atoms with Crippen molar-refractivity contribution in [2.75, 3.05) is 26.7 Å². The quantitative estimate of drug-likeness (QED) is 0.690. The normalized spacial score (nSPS) is 15.0. The van der Waals surface area contributed by atoms with Crippen LogP contribution in [0.3, 0.4) is 0 Å². The maximum Gasteiger partial charge on any atom is 0.264 e. The highest BCUT2D eigenvalue weighted by atomic mass is 35.5. The Hall–Kier alpha value is -1.96. The highest BCUT2D eigenvalue weighted by Crippen LogP contribution is 2.32. The van der Waals surface area contributed by atoms with Gasteiger partial charge in [-0.05, 0) is 69.6 Å². The monoisotopic (exact) mass is 422 g/mol. The number of piperidine rings is 1. The second kappa shape index (κ2) is 8.59. The number of rotatable bonds is 4. The molecule has 150 valence electrons. The van der Waals surface area contributed by atoms with Crippen molar-refractivity contribution in [3.8, 4) is 5.69 Å². The highest BCUT2D eigenvalue weighted by molar-refractivity contribution is 7.20. The lowest BCUT2D eigenvalue weighted by molar-refractivity contribution is 0.0696. The summed E-state index contributed by atoms with van der Waals surface area (Å²) < 4.78 is 15.0.